The Morgan fingerprint density at radius 3 is 2.65 bits per heavy atom. The van der Waals surface area contributed by atoms with E-state index in [1.165, 1.54) is 0 Å². The van der Waals surface area contributed by atoms with Crippen molar-refractivity contribution in [3.8, 4) is 0 Å². The molecule has 2 amide bonds. The Balaban J connectivity index is 2.01. The minimum atomic E-state index is -1.14. The predicted molar refractivity (Wildman–Crippen MR) is 86.4 cm³/mol. The van der Waals surface area contributed by atoms with Gasteiger partial charge >= 0.3 is 6.09 Å². The molecule has 2 fully saturated rings. The second-order valence-electron chi connectivity index (χ2n) is 6.89. The van der Waals surface area contributed by atoms with Crippen molar-refractivity contribution in [3.05, 3.63) is 0 Å². The first-order valence-corrected chi connectivity index (χ1v) is 8.39. The minimum Gasteiger partial charge on any atom is -0.465 e. The van der Waals surface area contributed by atoms with E-state index in [0.717, 1.165) is 19.3 Å². The maximum Gasteiger partial charge on any atom is 0.405 e. The highest BCUT2D eigenvalue weighted by molar-refractivity contribution is 5.87. The molecule has 0 aromatic heterocycles. The normalized spacial score (nSPS) is 31.9. The molecule has 2 N–H and O–H groups in total. The van der Waals surface area contributed by atoms with E-state index in [1.807, 2.05) is 4.90 Å². The number of ether oxygens (including phenoxy) is 1. The Morgan fingerprint density at radius 1 is 1.39 bits per heavy atom. The van der Waals surface area contributed by atoms with Crippen LogP contribution in [0.3, 0.4) is 0 Å². The van der Waals surface area contributed by atoms with Gasteiger partial charge in [0.2, 0.25) is 5.91 Å². The molecule has 0 bridgehead atoms. The zero-order valence-electron chi connectivity index (χ0n) is 14.5. The summed E-state index contributed by atoms with van der Waals surface area (Å²) in [6, 6.07) is 0.374. The van der Waals surface area contributed by atoms with Gasteiger partial charge in [-0.2, -0.15) is 0 Å². The van der Waals surface area contributed by atoms with Gasteiger partial charge < -0.3 is 25.0 Å². The first-order chi connectivity index (χ1) is 10.8. The molecule has 1 aliphatic carbocycles. The number of nitrogens with one attached hydrogen (secondary N) is 1. The van der Waals surface area contributed by atoms with Crippen LogP contribution in [0.2, 0.25) is 0 Å². The van der Waals surface area contributed by atoms with Crippen LogP contribution in [0, 0.1) is 0 Å². The average Bonchev–Trinajstić information content (AvgIpc) is 2.86. The molecule has 23 heavy (non-hydrogen) atoms. The third-order valence-corrected chi connectivity index (χ3v) is 5.36. The molecule has 4 atom stereocenters. The molecule has 0 radical (unpaired) electrons. The Bertz CT molecular complexity index is 443. The van der Waals surface area contributed by atoms with Gasteiger partial charge in [0.05, 0.1) is 12.1 Å². The number of hydrogen-bond acceptors (Lipinski definition) is 4. The van der Waals surface area contributed by atoms with E-state index in [1.54, 1.807) is 7.11 Å². The number of rotatable bonds is 5. The van der Waals surface area contributed by atoms with Crippen molar-refractivity contribution in [2.45, 2.75) is 69.8 Å². The van der Waals surface area contributed by atoms with Crippen LogP contribution in [-0.2, 0) is 9.53 Å². The monoisotopic (exact) mass is 327 g/mol. The number of carboxylic acid groups (broad SMARTS) is 1. The van der Waals surface area contributed by atoms with Crippen molar-refractivity contribution in [1.82, 2.24) is 15.1 Å². The van der Waals surface area contributed by atoms with Gasteiger partial charge in [-0.3, -0.25) is 4.79 Å². The van der Waals surface area contributed by atoms with Crippen molar-refractivity contribution in [2.24, 2.45) is 0 Å². The first kappa shape index (κ1) is 18.0. The number of methoxy groups -OCH3 is 1. The summed E-state index contributed by atoms with van der Waals surface area (Å²) >= 11 is 0. The third-order valence-electron chi connectivity index (χ3n) is 5.36. The lowest BCUT2D eigenvalue weighted by atomic mass is 9.86. The predicted octanol–water partition coefficient (Wildman–Crippen LogP) is 1.13. The number of carbonyl (C=O) groups excluding carboxylic acids is 1. The largest absolute Gasteiger partial charge is 0.465 e. The summed E-state index contributed by atoms with van der Waals surface area (Å²) in [7, 11) is 3.83. The Labute approximate surface area is 138 Å². The molecule has 0 unspecified atom stereocenters. The average molecular weight is 327 g/mol. The van der Waals surface area contributed by atoms with Gasteiger partial charge in [0.1, 0.15) is 6.04 Å². The quantitative estimate of drug-likeness (QED) is 0.791. The second kappa shape index (κ2) is 7.49. The molecule has 7 heteroatoms. The van der Waals surface area contributed by atoms with E-state index >= 15 is 0 Å². The zero-order valence-corrected chi connectivity index (χ0v) is 14.5. The van der Waals surface area contributed by atoms with Gasteiger partial charge in [-0.05, 0) is 46.6 Å². The Morgan fingerprint density at radius 2 is 2.09 bits per heavy atom. The number of carbonyl (C=O) groups is 2. The summed E-state index contributed by atoms with van der Waals surface area (Å²) in [6.45, 7) is 4.96. The van der Waals surface area contributed by atoms with Crippen molar-refractivity contribution >= 4 is 12.0 Å². The lowest BCUT2D eigenvalue weighted by molar-refractivity contribution is -0.136. The number of nitrogens with zero attached hydrogens (tertiary/aromatic N) is 2. The standard InChI is InChI=1S/C16H29N3O4/c1-10(2)18(3)11-5-6-13(14(9-11)23-4)19-8-7-12(15(19)20)17-16(21)22/h10-14,17H,5-9H2,1-4H3,(H,21,22)/t11-,12-,13+,14-/m0/s1. The maximum atomic E-state index is 12.5. The Kier molecular flexibility index (Phi) is 5.86. The van der Waals surface area contributed by atoms with Crippen molar-refractivity contribution < 1.29 is 19.4 Å². The summed E-state index contributed by atoms with van der Waals surface area (Å²) in [5.74, 6) is -0.116. The fraction of sp³-hybridized carbons (Fsp3) is 0.875. The van der Waals surface area contributed by atoms with Gasteiger partial charge in [-0.25, -0.2) is 4.79 Å². The SMILES string of the molecule is CO[C@H]1C[C@@H](N(C)C(C)C)CC[C@H]1N1CC[C@H](NC(=O)O)C1=O. The van der Waals surface area contributed by atoms with E-state index in [0.29, 0.717) is 25.0 Å². The zero-order chi connectivity index (χ0) is 17.1. The van der Waals surface area contributed by atoms with Crippen LogP contribution in [0.15, 0.2) is 0 Å². The molecule has 132 valence electrons. The van der Waals surface area contributed by atoms with E-state index in [2.05, 4.69) is 31.1 Å². The van der Waals surface area contributed by atoms with Gasteiger partial charge in [-0.1, -0.05) is 0 Å². The van der Waals surface area contributed by atoms with Crippen LogP contribution in [0.25, 0.3) is 0 Å². The molecule has 1 saturated carbocycles. The summed E-state index contributed by atoms with van der Waals surface area (Å²) in [4.78, 5) is 27.4. The van der Waals surface area contributed by atoms with Crippen LogP contribution in [0.5, 0.6) is 0 Å². The van der Waals surface area contributed by atoms with Crippen molar-refractivity contribution in [2.75, 3.05) is 20.7 Å². The smallest absolute Gasteiger partial charge is 0.405 e. The van der Waals surface area contributed by atoms with E-state index < -0.39 is 12.1 Å². The van der Waals surface area contributed by atoms with Crippen molar-refractivity contribution in [3.63, 3.8) is 0 Å². The minimum absolute atomic E-state index is 0.00229. The summed E-state index contributed by atoms with van der Waals surface area (Å²) in [5.41, 5.74) is 0. The van der Waals surface area contributed by atoms with Crippen LogP contribution in [-0.4, -0.2) is 77.9 Å². The Hall–Kier alpha value is -1.34. The third kappa shape index (κ3) is 3.95. The molecule has 0 aromatic rings. The lowest BCUT2D eigenvalue weighted by Crippen LogP contribution is -2.54. The van der Waals surface area contributed by atoms with Crippen molar-refractivity contribution in [1.29, 1.82) is 0 Å². The summed E-state index contributed by atoms with van der Waals surface area (Å²) in [6.07, 6.45) is 2.22. The van der Waals surface area contributed by atoms with Crippen LogP contribution in [0.4, 0.5) is 4.79 Å². The highest BCUT2D eigenvalue weighted by Crippen LogP contribution is 2.31. The fourth-order valence-electron chi connectivity index (χ4n) is 3.81. The highest BCUT2D eigenvalue weighted by atomic mass is 16.5. The van der Waals surface area contributed by atoms with E-state index in [-0.39, 0.29) is 18.1 Å². The molecule has 1 saturated heterocycles. The molecular weight excluding hydrogens is 298 g/mol. The molecule has 0 spiro atoms. The number of likely N-dealkylation sites (tertiary alicyclic amines) is 1. The molecule has 2 aliphatic rings. The van der Waals surface area contributed by atoms with E-state index in [4.69, 9.17) is 9.84 Å². The second-order valence-corrected chi connectivity index (χ2v) is 6.89. The number of hydrogen-bond donors (Lipinski definition) is 2. The van der Waals surface area contributed by atoms with Gasteiger partial charge in [0.15, 0.2) is 0 Å². The maximum absolute atomic E-state index is 12.5. The molecule has 2 rings (SSSR count). The molecule has 1 heterocycles. The van der Waals surface area contributed by atoms with Crippen LogP contribution in [0.1, 0.15) is 39.5 Å². The van der Waals surface area contributed by atoms with Crippen LogP contribution >= 0.6 is 0 Å². The lowest BCUT2D eigenvalue weighted by Gasteiger charge is -2.43. The molecule has 1 aliphatic heterocycles. The molecule has 7 nitrogen and oxygen atoms in total. The van der Waals surface area contributed by atoms with Gasteiger partial charge in [0.25, 0.3) is 0 Å². The summed E-state index contributed by atoms with van der Waals surface area (Å²) in [5, 5.41) is 11.1. The van der Waals surface area contributed by atoms with Crippen LogP contribution < -0.4 is 5.32 Å². The first-order valence-electron chi connectivity index (χ1n) is 8.39. The fourth-order valence-corrected chi connectivity index (χ4v) is 3.81. The number of amides is 2. The highest BCUT2D eigenvalue weighted by Gasteiger charge is 2.43. The van der Waals surface area contributed by atoms with Gasteiger partial charge in [0, 0.05) is 25.7 Å². The molecular formula is C16H29N3O4. The molecule has 0 aromatic carbocycles. The summed E-state index contributed by atoms with van der Waals surface area (Å²) < 4.78 is 5.68. The van der Waals surface area contributed by atoms with E-state index in [9.17, 15) is 9.59 Å². The van der Waals surface area contributed by atoms with Gasteiger partial charge in [-0.15, -0.1) is 0 Å². The topological polar surface area (TPSA) is 82.1 Å².